The summed E-state index contributed by atoms with van der Waals surface area (Å²) < 4.78 is 15.2. The smallest absolute Gasteiger partial charge is 0.234 e. The van der Waals surface area contributed by atoms with Crippen LogP contribution in [0, 0.1) is 5.82 Å². The molecule has 0 saturated carbocycles. The molecule has 0 aliphatic rings. The second kappa shape index (κ2) is 7.24. The summed E-state index contributed by atoms with van der Waals surface area (Å²) in [6.45, 7) is 4.18. The van der Waals surface area contributed by atoms with E-state index in [2.05, 4.69) is 22.1 Å². The molecule has 1 heterocycles. The Morgan fingerprint density at radius 2 is 2.38 bits per heavy atom. The topological polar surface area (TPSA) is 59.8 Å². The van der Waals surface area contributed by atoms with Gasteiger partial charge in [-0.3, -0.25) is 4.79 Å². The highest BCUT2D eigenvalue weighted by Gasteiger charge is 2.10. The second-order valence-electron chi connectivity index (χ2n) is 4.02. The Hall–Kier alpha value is -1.86. The lowest BCUT2D eigenvalue weighted by molar-refractivity contribution is -0.113. The molecule has 0 atom stereocenters. The molecule has 1 aromatic heterocycles. The quantitative estimate of drug-likeness (QED) is 0.655. The molecule has 1 N–H and O–H groups in total. The Balaban J connectivity index is 1.94. The lowest BCUT2D eigenvalue weighted by Gasteiger charge is -2.07. The summed E-state index contributed by atoms with van der Waals surface area (Å²) in [5.74, 6) is -0.802. The summed E-state index contributed by atoms with van der Waals surface area (Å²) in [4.78, 5) is 11.8. The van der Waals surface area contributed by atoms with Crippen molar-refractivity contribution in [3.63, 3.8) is 0 Å². The van der Waals surface area contributed by atoms with Crippen LogP contribution < -0.4 is 5.32 Å². The molecule has 110 valence electrons. The van der Waals surface area contributed by atoms with Crippen LogP contribution in [0.4, 0.5) is 10.1 Å². The normalized spacial score (nSPS) is 10.4. The number of allylic oxidation sites excluding steroid dienone is 1. The number of nitrogens with zero attached hydrogens (tertiary/aromatic N) is 3. The number of nitrogens with one attached hydrogen (secondary N) is 1. The van der Waals surface area contributed by atoms with Crippen molar-refractivity contribution in [1.82, 2.24) is 14.8 Å². The van der Waals surface area contributed by atoms with Crippen molar-refractivity contribution in [2.45, 2.75) is 11.7 Å². The Kier molecular flexibility index (Phi) is 5.35. The van der Waals surface area contributed by atoms with Gasteiger partial charge in [0.25, 0.3) is 0 Å². The lowest BCUT2D eigenvalue weighted by Crippen LogP contribution is -2.15. The van der Waals surface area contributed by atoms with E-state index in [0.717, 1.165) is 0 Å². The average Bonchev–Trinajstić information content (AvgIpc) is 2.88. The van der Waals surface area contributed by atoms with E-state index in [1.165, 1.54) is 30.0 Å². The van der Waals surface area contributed by atoms with Crippen molar-refractivity contribution in [3.05, 3.63) is 48.0 Å². The molecule has 0 unspecified atom stereocenters. The van der Waals surface area contributed by atoms with Crippen LogP contribution in [0.3, 0.4) is 0 Å². The third kappa shape index (κ3) is 4.30. The van der Waals surface area contributed by atoms with E-state index in [9.17, 15) is 9.18 Å². The lowest BCUT2D eigenvalue weighted by atomic mass is 10.3. The molecule has 2 rings (SSSR count). The summed E-state index contributed by atoms with van der Waals surface area (Å²) in [6, 6.07) is 3.98. The summed E-state index contributed by atoms with van der Waals surface area (Å²) in [6.07, 6.45) is 3.26. The Labute approximate surface area is 130 Å². The number of rotatable bonds is 6. The predicted molar refractivity (Wildman–Crippen MR) is 81.0 cm³/mol. The van der Waals surface area contributed by atoms with E-state index in [1.807, 2.05) is 0 Å². The zero-order valence-corrected chi connectivity index (χ0v) is 12.5. The molecule has 8 heteroatoms. The highest BCUT2D eigenvalue weighted by Crippen LogP contribution is 2.20. The fourth-order valence-corrected chi connectivity index (χ4v) is 2.43. The second-order valence-corrected chi connectivity index (χ2v) is 5.39. The van der Waals surface area contributed by atoms with Crippen molar-refractivity contribution in [2.75, 3.05) is 11.1 Å². The molecule has 1 amide bonds. The van der Waals surface area contributed by atoms with Crippen molar-refractivity contribution in [1.29, 1.82) is 0 Å². The van der Waals surface area contributed by atoms with Crippen LogP contribution >= 0.6 is 23.4 Å². The predicted octanol–water partition coefficient (Wildman–Crippen LogP) is 2.99. The number of carbonyl (C=O) groups excluding carboxylic acids is 1. The van der Waals surface area contributed by atoms with Gasteiger partial charge in [0.1, 0.15) is 12.1 Å². The highest BCUT2D eigenvalue weighted by molar-refractivity contribution is 7.99. The maximum atomic E-state index is 13.5. The van der Waals surface area contributed by atoms with Crippen molar-refractivity contribution in [2.24, 2.45) is 0 Å². The highest BCUT2D eigenvalue weighted by atomic mass is 35.5. The molecule has 2 aromatic rings. The minimum atomic E-state index is -0.535. The van der Waals surface area contributed by atoms with E-state index in [-0.39, 0.29) is 17.3 Å². The van der Waals surface area contributed by atoms with Gasteiger partial charge in [-0.2, -0.15) is 0 Å². The fraction of sp³-hybridized carbons (Fsp3) is 0.154. The van der Waals surface area contributed by atoms with E-state index in [0.29, 0.717) is 16.7 Å². The SMILES string of the molecule is C=CCn1cnnc1SCC(=O)Nc1cc(Cl)ccc1F. The molecule has 0 aliphatic heterocycles. The number of halogens is 2. The van der Waals surface area contributed by atoms with Crippen LogP contribution in [0.5, 0.6) is 0 Å². The van der Waals surface area contributed by atoms with Gasteiger partial charge in [0.15, 0.2) is 5.16 Å². The maximum Gasteiger partial charge on any atom is 0.234 e. The maximum absolute atomic E-state index is 13.5. The van der Waals surface area contributed by atoms with Gasteiger partial charge in [-0.05, 0) is 18.2 Å². The summed E-state index contributed by atoms with van der Waals surface area (Å²) in [5, 5.41) is 11.1. The van der Waals surface area contributed by atoms with Gasteiger partial charge >= 0.3 is 0 Å². The molecule has 21 heavy (non-hydrogen) atoms. The zero-order chi connectivity index (χ0) is 15.2. The molecule has 0 spiro atoms. The Morgan fingerprint density at radius 1 is 1.57 bits per heavy atom. The first-order valence-corrected chi connectivity index (χ1v) is 7.33. The van der Waals surface area contributed by atoms with Crippen LogP contribution in [-0.2, 0) is 11.3 Å². The van der Waals surface area contributed by atoms with E-state index >= 15 is 0 Å². The Morgan fingerprint density at radius 3 is 3.14 bits per heavy atom. The largest absolute Gasteiger partial charge is 0.323 e. The van der Waals surface area contributed by atoms with Crippen molar-refractivity contribution >= 4 is 35.0 Å². The number of thioether (sulfide) groups is 1. The van der Waals surface area contributed by atoms with Crippen LogP contribution in [0.25, 0.3) is 0 Å². The van der Waals surface area contributed by atoms with Gasteiger partial charge in [-0.25, -0.2) is 4.39 Å². The molecule has 1 aromatic carbocycles. The molecular formula is C13H12ClFN4OS. The molecule has 5 nitrogen and oxygen atoms in total. The molecular weight excluding hydrogens is 315 g/mol. The van der Waals surface area contributed by atoms with Crippen LogP contribution in [0.2, 0.25) is 5.02 Å². The van der Waals surface area contributed by atoms with E-state index in [4.69, 9.17) is 11.6 Å². The number of carbonyl (C=O) groups is 1. The summed E-state index contributed by atoms with van der Waals surface area (Å²) in [5.41, 5.74) is 0.0562. The minimum absolute atomic E-state index is 0.0562. The van der Waals surface area contributed by atoms with Gasteiger partial charge in [0.05, 0.1) is 11.4 Å². The fourth-order valence-electron chi connectivity index (χ4n) is 1.53. The minimum Gasteiger partial charge on any atom is -0.323 e. The number of hydrogen-bond acceptors (Lipinski definition) is 4. The zero-order valence-electron chi connectivity index (χ0n) is 10.9. The number of anilines is 1. The number of hydrogen-bond donors (Lipinski definition) is 1. The van der Waals surface area contributed by atoms with E-state index in [1.54, 1.807) is 17.0 Å². The van der Waals surface area contributed by atoms with Gasteiger partial charge in [0.2, 0.25) is 5.91 Å². The molecule has 0 saturated heterocycles. The number of benzene rings is 1. The molecule has 0 bridgehead atoms. The average molecular weight is 327 g/mol. The standard InChI is InChI=1S/C13H12ClFN4OS/c1-2-5-19-8-16-18-13(19)21-7-12(20)17-11-6-9(14)3-4-10(11)15/h2-4,6,8H,1,5,7H2,(H,17,20). The number of amides is 1. The van der Waals surface area contributed by atoms with E-state index < -0.39 is 5.82 Å². The monoisotopic (exact) mass is 326 g/mol. The first-order chi connectivity index (χ1) is 10.1. The molecule has 0 aliphatic carbocycles. The number of aromatic nitrogens is 3. The summed E-state index contributed by atoms with van der Waals surface area (Å²) >= 11 is 6.97. The first kappa shape index (κ1) is 15.5. The van der Waals surface area contributed by atoms with Gasteiger partial charge in [-0.15, -0.1) is 16.8 Å². The molecule has 0 radical (unpaired) electrons. The van der Waals surface area contributed by atoms with Crippen LogP contribution in [-0.4, -0.2) is 26.4 Å². The van der Waals surface area contributed by atoms with Crippen LogP contribution in [0.15, 0.2) is 42.3 Å². The summed E-state index contributed by atoms with van der Waals surface area (Å²) in [7, 11) is 0. The van der Waals surface area contributed by atoms with Crippen LogP contribution in [0.1, 0.15) is 0 Å². The Bertz CT molecular complexity index is 661. The first-order valence-electron chi connectivity index (χ1n) is 5.96. The van der Waals surface area contributed by atoms with Gasteiger partial charge in [0, 0.05) is 11.6 Å². The van der Waals surface area contributed by atoms with Gasteiger partial charge < -0.3 is 9.88 Å². The molecule has 0 fully saturated rings. The van der Waals surface area contributed by atoms with Crippen molar-refractivity contribution in [3.8, 4) is 0 Å². The third-order valence-corrected chi connectivity index (χ3v) is 3.66. The van der Waals surface area contributed by atoms with Gasteiger partial charge in [-0.1, -0.05) is 29.4 Å². The van der Waals surface area contributed by atoms with Crippen molar-refractivity contribution < 1.29 is 9.18 Å². The third-order valence-electron chi connectivity index (χ3n) is 2.44.